The maximum atomic E-state index is 12.6. The van der Waals surface area contributed by atoms with Gasteiger partial charge in [-0.3, -0.25) is 4.79 Å². The Balaban J connectivity index is 1.59. The summed E-state index contributed by atoms with van der Waals surface area (Å²) in [6.07, 6.45) is 0.310. The second-order valence-corrected chi connectivity index (χ2v) is 7.30. The van der Waals surface area contributed by atoms with Gasteiger partial charge < -0.3 is 18.9 Å². The van der Waals surface area contributed by atoms with Gasteiger partial charge in [-0.05, 0) is 36.8 Å². The zero-order valence-electron chi connectivity index (χ0n) is 16.3. The standard InChI is InChI=1S/C21H20ClN3O4/c1-12-4-5-14(22)9-17(12)25-11-13(8-19(25)26)20-23-21(29-24-20)16-7-6-15(27-2)10-18(16)28-3/h4-7,9-10,13H,8,11H2,1-3H3. The number of aromatic nitrogens is 2. The van der Waals surface area contributed by atoms with Crippen LogP contribution in [0.5, 0.6) is 11.5 Å². The van der Waals surface area contributed by atoms with Crippen molar-refractivity contribution in [2.45, 2.75) is 19.3 Å². The van der Waals surface area contributed by atoms with Crippen molar-refractivity contribution in [3.8, 4) is 23.0 Å². The Bertz CT molecular complexity index is 1070. The summed E-state index contributed by atoms with van der Waals surface area (Å²) < 4.78 is 16.1. The van der Waals surface area contributed by atoms with E-state index in [-0.39, 0.29) is 11.8 Å². The number of methoxy groups -OCH3 is 2. The van der Waals surface area contributed by atoms with Gasteiger partial charge >= 0.3 is 0 Å². The molecule has 1 fully saturated rings. The number of anilines is 1. The van der Waals surface area contributed by atoms with Gasteiger partial charge in [-0.1, -0.05) is 22.8 Å². The maximum absolute atomic E-state index is 12.6. The predicted octanol–water partition coefficient (Wildman–Crippen LogP) is 4.24. The van der Waals surface area contributed by atoms with E-state index in [2.05, 4.69) is 10.1 Å². The van der Waals surface area contributed by atoms with Crippen molar-refractivity contribution >= 4 is 23.2 Å². The molecular formula is C21H20ClN3O4. The Kier molecular flexibility index (Phi) is 5.15. The smallest absolute Gasteiger partial charge is 0.261 e. The lowest BCUT2D eigenvalue weighted by Gasteiger charge is -2.19. The van der Waals surface area contributed by atoms with E-state index in [9.17, 15) is 4.79 Å². The zero-order chi connectivity index (χ0) is 20.5. The molecule has 1 saturated heterocycles. The zero-order valence-corrected chi connectivity index (χ0v) is 17.1. The van der Waals surface area contributed by atoms with Crippen LogP contribution < -0.4 is 14.4 Å². The molecule has 0 spiro atoms. The fourth-order valence-electron chi connectivity index (χ4n) is 3.47. The van der Waals surface area contributed by atoms with Gasteiger partial charge in [-0.15, -0.1) is 0 Å². The lowest BCUT2D eigenvalue weighted by atomic mass is 10.1. The number of carbonyl (C=O) groups is 1. The summed E-state index contributed by atoms with van der Waals surface area (Å²) in [6.45, 7) is 2.42. The molecule has 1 atom stereocenters. The van der Waals surface area contributed by atoms with E-state index in [4.69, 9.17) is 25.6 Å². The van der Waals surface area contributed by atoms with Gasteiger partial charge in [-0.25, -0.2) is 0 Å². The van der Waals surface area contributed by atoms with Crippen LogP contribution >= 0.6 is 11.6 Å². The van der Waals surface area contributed by atoms with Crippen LogP contribution in [0.25, 0.3) is 11.5 Å². The van der Waals surface area contributed by atoms with Gasteiger partial charge in [0.25, 0.3) is 5.89 Å². The molecule has 0 aliphatic carbocycles. The third-order valence-electron chi connectivity index (χ3n) is 5.03. The molecule has 150 valence electrons. The highest BCUT2D eigenvalue weighted by Crippen LogP contribution is 2.36. The monoisotopic (exact) mass is 413 g/mol. The summed E-state index contributed by atoms with van der Waals surface area (Å²) in [5, 5.41) is 4.71. The van der Waals surface area contributed by atoms with Crippen LogP contribution in [0.2, 0.25) is 5.02 Å². The predicted molar refractivity (Wildman–Crippen MR) is 109 cm³/mol. The molecule has 2 heterocycles. The average Bonchev–Trinajstić information content (AvgIpc) is 3.36. The summed E-state index contributed by atoms with van der Waals surface area (Å²) in [7, 11) is 3.15. The second kappa shape index (κ2) is 7.75. The highest BCUT2D eigenvalue weighted by atomic mass is 35.5. The fourth-order valence-corrected chi connectivity index (χ4v) is 3.64. The molecule has 0 radical (unpaired) electrons. The first kappa shape index (κ1) is 19.3. The number of amides is 1. The van der Waals surface area contributed by atoms with Gasteiger partial charge in [0, 0.05) is 35.7 Å². The van der Waals surface area contributed by atoms with Gasteiger partial charge in [-0.2, -0.15) is 4.98 Å². The summed E-state index contributed by atoms with van der Waals surface area (Å²) >= 11 is 6.12. The van der Waals surface area contributed by atoms with Gasteiger partial charge in [0.2, 0.25) is 5.91 Å². The Morgan fingerprint density at radius 2 is 2.00 bits per heavy atom. The van der Waals surface area contributed by atoms with E-state index < -0.39 is 0 Å². The number of hydrogen-bond donors (Lipinski definition) is 0. The molecule has 8 heteroatoms. The molecule has 3 aromatic rings. The Morgan fingerprint density at radius 3 is 2.76 bits per heavy atom. The van der Waals surface area contributed by atoms with E-state index in [1.165, 1.54) is 0 Å². The lowest BCUT2D eigenvalue weighted by Crippen LogP contribution is -2.25. The topological polar surface area (TPSA) is 77.7 Å². The molecule has 0 saturated carbocycles. The minimum absolute atomic E-state index is 0.00810. The summed E-state index contributed by atoms with van der Waals surface area (Å²) in [5.41, 5.74) is 2.46. The quantitative estimate of drug-likeness (QED) is 0.622. The maximum Gasteiger partial charge on any atom is 0.261 e. The number of benzene rings is 2. The third-order valence-corrected chi connectivity index (χ3v) is 5.27. The largest absolute Gasteiger partial charge is 0.497 e. The molecule has 7 nitrogen and oxygen atoms in total. The summed E-state index contributed by atoms with van der Waals surface area (Å²) in [5.74, 6) is 1.91. The second-order valence-electron chi connectivity index (χ2n) is 6.86. The number of hydrogen-bond acceptors (Lipinski definition) is 6. The van der Waals surface area contributed by atoms with Crippen LogP contribution in [-0.2, 0) is 4.79 Å². The summed E-state index contributed by atoms with van der Waals surface area (Å²) in [6, 6.07) is 10.9. The van der Waals surface area contributed by atoms with E-state index >= 15 is 0 Å². The lowest BCUT2D eigenvalue weighted by molar-refractivity contribution is -0.117. The fraction of sp³-hybridized carbons (Fsp3) is 0.286. The number of aryl methyl sites for hydroxylation is 1. The molecule has 2 aromatic carbocycles. The highest BCUT2D eigenvalue weighted by Gasteiger charge is 2.35. The normalized spacial score (nSPS) is 16.3. The Hall–Kier alpha value is -3.06. The van der Waals surface area contributed by atoms with E-state index in [0.717, 1.165) is 11.3 Å². The molecule has 0 bridgehead atoms. The van der Waals surface area contributed by atoms with Crippen molar-refractivity contribution in [2.24, 2.45) is 0 Å². The Labute approximate surface area is 173 Å². The van der Waals surface area contributed by atoms with Gasteiger partial charge in [0.15, 0.2) is 5.82 Å². The van der Waals surface area contributed by atoms with Crippen molar-refractivity contribution in [2.75, 3.05) is 25.7 Å². The van der Waals surface area contributed by atoms with Gasteiger partial charge in [0.05, 0.1) is 19.8 Å². The van der Waals surface area contributed by atoms with E-state index in [1.54, 1.807) is 43.4 Å². The van der Waals surface area contributed by atoms with Crippen molar-refractivity contribution in [3.63, 3.8) is 0 Å². The minimum atomic E-state index is -0.164. The van der Waals surface area contributed by atoms with Gasteiger partial charge in [0.1, 0.15) is 11.5 Å². The first-order chi connectivity index (χ1) is 14.0. The molecule has 1 aromatic heterocycles. The van der Waals surface area contributed by atoms with Crippen molar-refractivity contribution in [1.82, 2.24) is 10.1 Å². The van der Waals surface area contributed by atoms with Crippen LogP contribution in [0.4, 0.5) is 5.69 Å². The molecule has 29 heavy (non-hydrogen) atoms. The van der Waals surface area contributed by atoms with Crippen LogP contribution in [0.15, 0.2) is 40.9 Å². The first-order valence-electron chi connectivity index (χ1n) is 9.12. The van der Waals surface area contributed by atoms with Crippen molar-refractivity contribution in [3.05, 3.63) is 52.8 Å². The average molecular weight is 414 g/mol. The molecule has 4 rings (SSSR count). The van der Waals surface area contributed by atoms with Crippen LogP contribution in [0.3, 0.4) is 0 Å². The molecule has 1 unspecified atom stereocenters. The molecule has 0 N–H and O–H groups in total. The van der Waals surface area contributed by atoms with Crippen molar-refractivity contribution < 1.29 is 18.8 Å². The van der Waals surface area contributed by atoms with Crippen molar-refractivity contribution in [1.29, 1.82) is 0 Å². The third kappa shape index (κ3) is 3.65. The first-order valence-corrected chi connectivity index (χ1v) is 9.50. The number of carbonyl (C=O) groups excluding carboxylic acids is 1. The molecule has 1 aliphatic heterocycles. The molecular weight excluding hydrogens is 394 g/mol. The molecule has 1 aliphatic rings. The van der Waals surface area contributed by atoms with Crippen LogP contribution in [0.1, 0.15) is 23.7 Å². The number of ether oxygens (including phenoxy) is 2. The van der Waals surface area contributed by atoms with Crippen LogP contribution in [0, 0.1) is 6.92 Å². The number of halogens is 1. The number of nitrogens with zero attached hydrogens (tertiary/aromatic N) is 3. The Morgan fingerprint density at radius 1 is 1.17 bits per heavy atom. The van der Waals surface area contributed by atoms with E-state index in [1.807, 2.05) is 19.1 Å². The minimum Gasteiger partial charge on any atom is -0.497 e. The van der Waals surface area contributed by atoms with E-state index in [0.29, 0.717) is 46.8 Å². The summed E-state index contributed by atoms with van der Waals surface area (Å²) in [4.78, 5) is 18.9. The van der Waals surface area contributed by atoms with Crippen LogP contribution in [-0.4, -0.2) is 36.8 Å². The SMILES string of the molecule is COc1ccc(-c2nc(C3CC(=O)N(c4cc(Cl)ccc4C)C3)no2)c(OC)c1. The molecule has 1 amide bonds. The number of rotatable bonds is 5. The highest BCUT2D eigenvalue weighted by molar-refractivity contribution is 6.31.